The summed E-state index contributed by atoms with van der Waals surface area (Å²) >= 11 is 0. The van der Waals surface area contributed by atoms with Crippen molar-refractivity contribution in [2.75, 3.05) is 20.0 Å². The quantitative estimate of drug-likeness (QED) is 0.937. The van der Waals surface area contributed by atoms with Crippen LogP contribution in [0.1, 0.15) is 42.2 Å². The monoisotopic (exact) mass is 286 g/mol. The van der Waals surface area contributed by atoms with E-state index in [0.29, 0.717) is 23.4 Å². The molecule has 2 atom stereocenters. The Morgan fingerprint density at radius 2 is 1.90 bits per heavy atom. The minimum absolute atomic E-state index is 0.299. The van der Waals surface area contributed by atoms with Gasteiger partial charge in [0.2, 0.25) is 5.88 Å². The Balaban J connectivity index is 1.98. The van der Waals surface area contributed by atoms with Crippen LogP contribution in [0.5, 0.6) is 11.5 Å². The highest BCUT2D eigenvalue weighted by atomic mass is 16.5. The van der Waals surface area contributed by atoms with Gasteiger partial charge in [0.1, 0.15) is 17.2 Å². The molecule has 1 saturated carbocycles. The van der Waals surface area contributed by atoms with Crippen molar-refractivity contribution in [3.63, 3.8) is 0 Å². The third-order valence-corrected chi connectivity index (χ3v) is 4.80. The summed E-state index contributed by atoms with van der Waals surface area (Å²) in [6.07, 6.45) is 3.67. The van der Waals surface area contributed by atoms with Crippen LogP contribution >= 0.6 is 0 Å². The fourth-order valence-corrected chi connectivity index (χ4v) is 4.00. The van der Waals surface area contributed by atoms with Gasteiger partial charge in [-0.05, 0) is 37.2 Å². The molecule has 110 valence electrons. The van der Waals surface area contributed by atoms with E-state index < -0.39 is 0 Å². The normalized spacial score (nSPS) is 22.4. The van der Waals surface area contributed by atoms with Crippen LogP contribution in [-0.2, 0) is 0 Å². The van der Waals surface area contributed by atoms with Crippen molar-refractivity contribution >= 4 is 5.88 Å². The lowest BCUT2D eigenvalue weighted by Crippen LogP contribution is -2.05. The number of methoxy groups -OCH3 is 2. The molecular formula is C16H18N2O3. The fraction of sp³-hybridized carbons (Fsp3) is 0.438. The Hall–Kier alpha value is -2.17. The van der Waals surface area contributed by atoms with Gasteiger partial charge in [0.15, 0.2) is 0 Å². The maximum absolute atomic E-state index is 5.73. The first-order valence-corrected chi connectivity index (χ1v) is 7.24. The molecule has 1 heterocycles. The molecule has 0 amide bonds. The molecule has 5 nitrogen and oxygen atoms in total. The number of nitrogen functional groups attached to an aromatic ring is 1. The fourth-order valence-electron chi connectivity index (χ4n) is 4.00. The molecule has 0 aliphatic heterocycles. The largest absolute Gasteiger partial charge is 0.496 e. The molecular weight excluding hydrogens is 268 g/mol. The summed E-state index contributed by atoms with van der Waals surface area (Å²) in [4.78, 5) is 0. The lowest BCUT2D eigenvalue weighted by Gasteiger charge is -2.22. The number of nitrogens with two attached hydrogens (primary N) is 1. The van der Waals surface area contributed by atoms with E-state index in [-0.39, 0.29) is 0 Å². The first kappa shape index (κ1) is 12.6. The van der Waals surface area contributed by atoms with Gasteiger partial charge in [-0.3, -0.25) is 0 Å². The van der Waals surface area contributed by atoms with E-state index in [1.807, 2.05) is 6.07 Å². The number of hydrogen-bond acceptors (Lipinski definition) is 5. The first-order chi connectivity index (χ1) is 10.2. The zero-order valence-electron chi connectivity index (χ0n) is 12.2. The molecule has 1 aromatic carbocycles. The molecule has 1 aromatic heterocycles. The lowest BCUT2D eigenvalue weighted by atomic mass is 9.88. The molecule has 2 bridgehead atoms. The SMILES string of the molecule is COc1cc(-c2cc(N)on2)c(OC)c2c1C1CCC2C1. The molecule has 0 saturated heterocycles. The number of aromatic nitrogens is 1. The molecule has 5 heteroatoms. The summed E-state index contributed by atoms with van der Waals surface area (Å²) in [5.74, 6) is 3.29. The smallest absolute Gasteiger partial charge is 0.222 e. The van der Waals surface area contributed by atoms with E-state index >= 15 is 0 Å². The Kier molecular flexibility index (Phi) is 2.64. The van der Waals surface area contributed by atoms with E-state index in [0.717, 1.165) is 17.1 Å². The van der Waals surface area contributed by atoms with Crippen LogP contribution in [0.4, 0.5) is 5.88 Å². The van der Waals surface area contributed by atoms with Crippen LogP contribution in [0.2, 0.25) is 0 Å². The summed E-state index contributed by atoms with van der Waals surface area (Å²) in [7, 11) is 3.43. The highest BCUT2D eigenvalue weighted by Gasteiger charge is 2.42. The van der Waals surface area contributed by atoms with Gasteiger partial charge in [-0.15, -0.1) is 0 Å². The van der Waals surface area contributed by atoms with Crippen LogP contribution in [0.25, 0.3) is 11.3 Å². The van der Waals surface area contributed by atoms with Crippen molar-refractivity contribution in [1.29, 1.82) is 0 Å². The van der Waals surface area contributed by atoms with Crippen molar-refractivity contribution in [3.05, 3.63) is 23.3 Å². The van der Waals surface area contributed by atoms with Gasteiger partial charge in [-0.25, -0.2) is 0 Å². The summed E-state index contributed by atoms with van der Waals surface area (Å²) in [6.45, 7) is 0. The standard InChI is InChI=1S/C16H18N2O3/c1-19-12-6-10(11-7-13(17)21-18-11)16(20-2)15-9-4-3-8(5-9)14(12)15/h6-9H,3-5,17H2,1-2H3. The minimum Gasteiger partial charge on any atom is -0.496 e. The first-order valence-electron chi connectivity index (χ1n) is 7.24. The second-order valence-corrected chi connectivity index (χ2v) is 5.81. The topological polar surface area (TPSA) is 70.5 Å². The number of nitrogens with zero attached hydrogens (tertiary/aromatic N) is 1. The summed E-state index contributed by atoms with van der Waals surface area (Å²) in [6, 6.07) is 3.71. The number of benzene rings is 1. The van der Waals surface area contributed by atoms with Crippen LogP contribution < -0.4 is 15.2 Å². The zero-order chi connectivity index (χ0) is 14.6. The van der Waals surface area contributed by atoms with Crippen LogP contribution in [0.3, 0.4) is 0 Å². The molecule has 2 aliphatic carbocycles. The molecule has 2 unspecified atom stereocenters. The zero-order valence-corrected chi connectivity index (χ0v) is 12.2. The number of hydrogen-bond donors (Lipinski definition) is 1. The highest BCUT2D eigenvalue weighted by Crippen LogP contribution is 2.60. The van der Waals surface area contributed by atoms with Gasteiger partial charge in [0, 0.05) is 22.8 Å². The average molecular weight is 286 g/mol. The average Bonchev–Trinajstić information content (AvgIpc) is 3.21. The van der Waals surface area contributed by atoms with Crippen molar-refractivity contribution < 1.29 is 14.0 Å². The molecule has 21 heavy (non-hydrogen) atoms. The van der Waals surface area contributed by atoms with Crippen LogP contribution in [-0.4, -0.2) is 19.4 Å². The number of rotatable bonds is 3. The second-order valence-electron chi connectivity index (χ2n) is 5.81. The summed E-state index contributed by atoms with van der Waals surface area (Å²) < 4.78 is 16.4. The summed E-state index contributed by atoms with van der Waals surface area (Å²) in [5, 5.41) is 4.02. The third-order valence-electron chi connectivity index (χ3n) is 4.80. The molecule has 2 N–H and O–H groups in total. The van der Waals surface area contributed by atoms with E-state index in [9.17, 15) is 0 Å². The van der Waals surface area contributed by atoms with E-state index in [1.165, 1.54) is 30.4 Å². The molecule has 2 aliphatic rings. The van der Waals surface area contributed by atoms with Gasteiger partial charge in [-0.1, -0.05) is 5.16 Å². The van der Waals surface area contributed by atoms with Gasteiger partial charge in [0.25, 0.3) is 0 Å². The van der Waals surface area contributed by atoms with Gasteiger partial charge < -0.3 is 19.7 Å². The van der Waals surface area contributed by atoms with Gasteiger partial charge in [-0.2, -0.15) is 0 Å². The minimum atomic E-state index is 0.299. The van der Waals surface area contributed by atoms with E-state index in [1.54, 1.807) is 20.3 Å². The molecule has 4 rings (SSSR count). The predicted octanol–water partition coefficient (Wildman–Crippen LogP) is 3.31. The Morgan fingerprint density at radius 3 is 2.52 bits per heavy atom. The molecule has 2 aromatic rings. The summed E-state index contributed by atoms with van der Waals surface area (Å²) in [5.41, 5.74) is 9.85. The van der Waals surface area contributed by atoms with E-state index in [2.05, 4.69) is 5.16 Å². The second kappa shape index (κ2) is 4.41. The van der Waals surface area contributed by atoms with Crippen molar-refractivity contribution in [1.82, 2.24) is 5.16 Å². The molecule has 1 fully saturated rings. The number of ether oxygens (including phenoxy) is 2. The van der Waals surface area contributed by atoms with Crippen LogP contribution in [0.15, 0.2) is 16.7 Å². The van der Waals surface area contributed by atoms with Crippen molar-refractivity contribution in [2.24, 2.45) is 0 Å². The number of fused-ring (bicyclic) bond motifs is 5. The maximum Gasteiger partial charge on any atom is 0.222 e. The van der Waals surface area contributed by atoms with E-state index in [4.69, 9.17) is 19.7 Å². The maximum atomic E-state index is 5.73. The lowest BCUT2D eigenvalue weighted by molar-refractivity contribution is 0.391. The predicted molar refractivity (Wildman–Crippen MR) is 78.8 cm³/mol. The number of anilines is 1. The molecule has 0 spiro atoms. The Morgan fingerprint density at radius 1 is 1.14 bits per heavy atom. The highest BCUT2D eigenvalue weighted by molar-refractivity contribution is 5.76. The van der Waals surface area contributed by atoms with Gasteiger partial charge >= 0.3 is 0 Å². The Bertz CT molecular complexity index is 708. The van der Waals surface area contributed by atoms with Crippen molar-refractivity contribution in [2.45, 2.75) is 31.1 Å². The molecule has 0 radical (unpaired) electrons. The Labute approximate surface area is 123 Å². The van der Waals surface area contributed by atoms with Crippen LogP contribution in [0, 0.1) is 0 Å². The van der Waals surface area contributed by atoms with Crippen molar-refractivity contribution in [3.8, 4) is 22.8 Å². The van der Waals surface area contributed by atoms with Gasteiger partial charge in [0.05, 0.1) is 14.2 Å². The third kappa shape index (κ3) is 1.66.